The molecule has 0 aliphatic rings. The molecule has 0 aliphatic heterocycles. The van der Waals surface area contributed by atoms with Crippen LogP contribution >= 0.6 is 11.3 Å². The molecule has 1 N–H and O–H groups in total. The summed E-state index contributed by atoms with van der Waals surface area (Å²) in [5.41, 5.74) is 1.04. The number of carbonyl (C=O) groups is 1. The monoisotopic (exact) mass is 407 g/mol. The largest absolute Gasteiger partial charge is 0.420 e. The second-order valence-electron chi connectivity index (χ2n) is 6.70. The third-order valence-electron chi connectivity index (χ3n) is 4.47. The van der Waals surface area contributed by atoms with Crippen molar-refractivity contribution in [2.24, 2.45) is 0 Å². The Morgan fingerprint density at radius 3 is 2.79 bits per heavy atom. The van der Waals surface area contributed by atoms with Crippen LogP contribution in [-0.4, -0.2) is 25.7 Å². The first kappa shape index (κ1) is 19.1. The normalized spacial score (nSPS) is 12.0. The molecule has 148 valence electrons. The highest BCUT2D eigenvalue weighted by Gasteiger charge is 2.17. The first-order valence-corrected chi connectivity index (χ1v) is 10.2. The Balaban J connectivity index is 1.37. The van der Waals surface area contributed by atoms with E-state index >= 15 is 0 Å². The Hall–Kier alpha value is -3.26. The number of rotatable bonds is 8. The van der Waals surface area contributed by atoms with Crippen LogP contribution in [0.1, 0.15) is 28.8 Å². The molecule has 1 unspecified atom stereocenters. The number of hydrogen-bond donors (Lipinski definition) is 1. The smallest absolute Gasteiger partial charge is 0.257 e. The molecule has 7 nitrogen and oxygen atoms in total. The maximum atomic E-state index is 12.6. The van der Waals surface area contributed by atoms with E-state index in [0.29, 0.717) is 24.7 Å². The quantitative estimate of drug-likeness (QED) is 0.480. The highest BCUT2D eigenvalue weighted by Crippen LogP contribution is 2.26. The van der Waals surface area contributed by atoms with Crippen LogP contribution in [0.25, 0.3) is 10.8 Å². The summed E-state index contributed by atoms with van der Waals surface area (Å²) in [6.45, 7) is 2.64. The molecule has 0 aliphatic carbocycles. The zero-order chi connectivity index (χ0) is 20.1. The van der Waals surface area contributed by atoms with E-state index in [-0.39, 0.29) is 18.4 Å². The fourth-order valence-corrected chi connectivity index (χ4v) is 3.80. The lowest BCUT2D eigenvalue weighted by molar-refractivity contribution is -0.122. The highest BCUT2D eigenvalue weighted by molar-refractivity contribution is 7.15. The predicted octanol–water partition coefficient (Wildman–Crippen LogP) is 3.79. The summed E-state index contributed by atoms with van der Waals surface area (Å²) in [5.74, 6) is 0.901. The van der Waals surface area contributed by atoms with Crippen molar-refractivity contribution in [1.82, 2.24) is 25.1 Å². The van der Waals surface area contributed by atoms with Gasteiger partial charge in [0.2, 0.25) is 11.8 Å². The zero-order valence-electron chi connectivity index (χ0n) is 16.0. The van der Waals surface area contributed by atoms with Crippen molar-refractivity contribution >= 4 is 17.2 Å². The lowest BCUT2D eigenvalue weighted by Gasteiger charge is -2.19. The Kier molecular flexibility index (Phi) is 5.81. The van der Waals surface area contributed by atoms with Crippen LogP contribution in [0.15, 0.2) is 65.6 Å². The number of hydrogen-bond acceptors (Lipinski definition) is 6. The van der Waals surface area contributed by atoms with Gasteiger partial charge in [0.05, 0.1) is 17.2 Å². The Morgan fingerprint density at radius 2 is 2.07 bits per heavy atom. The lowest BCUT2D eigenvalue weighted by atomic mass is 10.1. The molecule has 0 radical (unpaired) electrons. The molecule has 0 saturated heterocycles. The molecular weight excluding hydrogens is 386 g/mol. The minimum atomic E-state index is -0.148. The molecule has 1 aromatic carbocycles. The number of nitrogens with zero attached hydrogens (tertiary/aromatic N) is 4. The zero-order valence-corrected chi connectivity index (χ0v) is 16.8. The van der Waals surface area contributed by atoms with Crippen LogP contribution in [0, 0.1) is 6.92 Å². The Bertz CT molecular complexity index is 1060. The van der Waals surface area contributed by atoms with Crippen LogP contribution < -0.4 is 5.32 Å². The van der Waals surface area contributed by atoms with Crippen molar-refractivity contribution < 1.29 is 9.21 Å². The van der Waals surface area contributed by atoms with E-state index in [1.54, 1.807) is 23.9 Å². The summed E-state index contributed by atoms with van der Waals surface area (Å²) in [7, 11) is 0. The van der Waals surface area contributed by atoms with Gasteiger partial charge in [-0.25, -0.2) is 4.98 Å². The van der Waals surface area contributed by atoms with Crippen molar-refractivity contribution in [1.29, 1.82) is 0 Å². The maximum absolute atomic E-state index is 12.6. The maximum Gasteiger partial charge on any atom is 0.257 e. The van der Waals surface area contributed by atoms with E-state index in [0.717, 1.165) is 10.4 Å². The minimum absolute atomic E-state index is 0.0642. The van der Waals surface area contributed by atoms with Crippen molar-refractivity contribution in [3.63, 3.8) is 0 Å². The number of imidazole rings is 1. The fraction of sp³-hybridized carbons (Fsp3) is 0.238. The van der Waals surface area contributed by atoms with Gasteiger partial charge < -0.3 is 14.3 Å². The number of nitrogens with one attached hydrogen (secondary N) is 1. The standard InChI is InChI=1S/C21H21N5O2S/c1-15-7-8-18(29-15)21-25-24-20(28-21)10-9-19(27)23-17(13-26-12-11-22-14-26)16-5-3-2-4-6-16/h2-8,11-12,14,17H,9-10,13H2,1H3,(H,23,27). The molecule has 4 rings (SSSR count). The number of aryl methyl sites for hydroxylation is 2. The number of aromatic nitrogens is 4. The first-order valence-electron chi connectivity index (χ1n) is 9.36. The van der Waals surface area contributed by atoms with E-state index in [2.05, 4.69) is 20.5 Å². The van der Waals surface area contributed by atoms with E-state index < -0.39 is 0 Å². The summed E-state index contributed by atoms with van der Waals surface area (Å²) in [4.78, 5) is 18.8. The second-order valence-corrected chi connectivity index (χ2v) is 7.99. The molecule has 1 atom stereocenters. The fourth-order valence-electron chi connectivity index (χ4n) is 3.02. The van der Waals surface area contributed by atoms with Crippen LogP contribution in [0.3, 0.4) is 0 Å². The molecule has 29 heavy (non-hydrogen) atoms. The number of carbonyl (C=O) groups excluding carboxylic acids is 1. The molecule has 8 heteroatoms. The minimum Gasteiger partial charge on any atom is -0.420 e. The van der Waals surface area contributed by atoms with E-state index in [9.17, 15) is 4.79 Å². The lowest BCUT2D eigenvalue weighted by Crippen LogP contribution is -2.31. The molecule has 0 spiro atoms. The van der Waals surface area contributed by atoms with Crippen molar-refractivity contribution in [3.8, 4) is 10.8 Å². The van der Waals surface area contributed by atoms with Gasteiger partial charge in [-0.15, -0.1) is 21.5 Å². The number of benzene rings is 1. The van der Waals surface area contributed by atoms with Gasteiger partial charge in [-0.3, -0.25) is 4.79 Å². The third kappa shape index (κ3) is 4.97. The molecule has 4 aromatic rings. The Labute approximate surface area is 172 Å². The molecule has 3 heterocycles. The van der Waals surface area contributed by atoms with Gasteiger partial charge in [-0.05, 0) is 24.6 Å². The third-order valence-corrected chi connectivity index (χ3v) is 5.46. The van der Waals surface area contributed by atoms with Crippen LogP contribution in [0.2, 0.25) is 0 Å². The average Bonchev–Trinajstić information content (AvgIpc) is 3.48. The molecule has 0 bridgehead atoms. The summed E-state index contributed by atoms with van der Waals surface area (Å²) in [6, 6.07) is 13.7. The van der Waals surface area contributed by atoms with Crippen LogP contribution in [-0.2, 0) is 17.8 Å². The first-order chi connectivity index (χ1) is 14.2. The number of amides is 1. The van der Waals surface area contributed by atoms with Gasteiger partial charge in [-0.1, -0.05) is 30.3 Å². The van der Waals surface area contributed by atoms with Crippen molar-refractivity contribution in [2.45, 2.75) is 32.4 Å². The number of thiophene rings is 1. The summed E-state index contributed by atoms with van der Waals surface area (Å²) < 4.78 is 7.65. The summed E-state index contributed by atoms with van der Waals surface area (Å²) in [6.07, 6.45) is 6.03. The van der Waals surface area contributed by atoms with E-state index in [1.807, 2.05) is 60.2 Å². The van der Waals surface area contributed by atoms with E-state index in [4.69, 9.17) is 4.42 Å². The Morgan fingerprint density at radius 1 is 1.21 bits per heavy atom. The topological polar surface area (TPSA) is 85.8 Å². The molecule has 1 amide bonds. The molecular formula is C21H21N5O2S. The van der Waals surface area contributed by atoms with Gasteiger partial charge in [0, 0.05) is 36.7 Å². The van der Waals surface area contributed by atoms with Crippen molar-refractivity contribution in [3.05, 3.63) is 77.5 Å². The van der Waals surface area contributed by atoms with Crippen LogP contribution in [0.5, 0.6) is 0 Å². The average molecular weight is 407 g/mol. The molecule has 0 fully saturated rings. The van der Waals surface area contributed by atoms with Gasteiger partial charge in [0.25, 0.3) is 5.89 Å². The molecule has 0 saturated carbocycles. The second kappa shape index (κ2) is 8.83. The summed E-state index contributed by atoms with van der Waals surface area (Å²) in [5, 5.41) is 11.3. The van der Waals surface area contributed by atoms with Gasteiger partial charge in [0.1, 0.15) is 0 Å². The van der Waals surface area contributed by atoms with E-state index in [1.165, 1.54) is 4.88 Å². The van der Waals surface area contributed by atoms with Crippen LogP contribution in [0.4, 0.5) is 0 Å². The predicted molar refractivity (Wildman–Crippen MR) is 110 cm³/mol. The van der Waals surface area contributed by atoms with Gasteiger partial charge in [-0.2, -0.15) is 0 Å². The molecule has 3 aromatic heterocycles. The summed E-state index contributed by atoms with van der Waals surface area (Å²) >= 11 is 1.60. The van der Waals surface area contributed by atoms with Gasteiger partial charge in [0.15, 0.2) is 0 Å². The highest BCUT2D eigenvalue weighted by atomic mass is 32.1. The SMILES string of the molecule is Cc1ccc(-c2nnc(CCC(=O)NC(Cn3ccnc3)c3ccccc3)o2)s1. The van der Waals surface area contributed by atoms with Gasteiger partial charge >= 0.3 is 0 Å². The van der Waals surface area contributed by atoms with Crippen molar-refractivity contribution in [2.75, 3.05) is 0 Å².